The fourth-order valence-electron chi connectivity index (χ4n) is 2.64. The van der Waals surface area contributed by atoms with E-state index in [2.05, 4.69) is 58.0 Å². The van der Waals surface area contributed by atoms with E-state index in [-0.39, 0.29) is 0 Å². The summed E-state index contributed by atoms with van der Waals surface area (Å²) in [6, 6.07) is 8.13. The molecule has 1 heterocycles. The molecule has 0 aliphatic heterocycles. The number of aromatic nitrogens is 3. The Morgan fingerprint density at radius 1 is 1.27 bits per heavy atom. The van der Waals surface area contributed by atoms with Gasteiger partial charge in [-0.3, -0.25) is 4.99 Å². The average molecular weight is 358 g/mol. The molecule has 0 aliphatic rings. The lowest BCUT2D eigenvalue weighted by Gasteiger charge is -2.23. The normalized spacial score (nSPS) is 11.5. The Morgan fingerprint density at radius 2 is 2.04 bits per heavy atom. The number of rotatable bonds is 9. The van der Waals surface area contributed by atoms with E-state index in [0.29, 0.717) is 0 Å². The Balaban J connectivity index is 1.94. The highest BCUT2D eigenvalue weighted by atomic mass is 16.5. The molecule has 1 aromatic heterocycles. The van der Waals surface area contributed by atoms with E-state index in [9.17, 15) is 0 Å². The van der Waals surface area contributed by atoms with Crippen LogP contribution in [0.2, 0.25) is 0 Å². The molecule has 0 atom stereocenters. The molecular weight excluding hydrogens is 328 g/mol. The molecule has 0 aliphatic carbocycles. The quantitative estimate of drug-likeness (QED) is 0.550. The standard InChI is InChI=1S/C19H30N6O/c1-5-11-20-19(21-12-13-25-15-22-23-18(25)6-2)24(3)14-16-7-9-17(26-4)10-8-16/h7-10,15H,5-6,11-14H2,1-4H3,(H,20,21). The van der Waals surface area contributed by atoms with E-state index in [1.165, 1.54) is 5.56 Å². The molecule has 2 rings (SSSR count). The maximum Gasteiger partial charge on any atom is 0.194 e. The number of guanidine groups is 1. The molecule has 0 fully saturated rings. The van der Waals surface area contributed by atoms with E-state index >= 15 is 0 Å². The third kappa shape index (κ3) is 5.75. The number of methoxy groups -OCH3 is 1. The molecule has 0 unspecified atom stereocenters. The van der Waals surface area contributed by atoms with Crippen molar-refractivity contribution in [3.05, 3.63) is 42.0 Å². The highest BCUT2D eigenvalue weighted by Crippen LogP contribution is 2.12. The zero-order chi connectivity index (χ0) is 18.8. The first-order valence-corrected chi connectivity index (χ1v) is 9.17. The summed E-state index contributed by atoms with van der Waals surface area (Å²) in [7, 11) is 3.74. The molecule has 7 heteroatoms. The maximum absolute atomic E-state index is 5.22. The highest BCUT2D eigenvalue weighted by molar-refractivity contribution is 5.79. The molecule has 26 heavy (non-hydrogen) atoms. The number of benzene rings is 1. The molecule has 2 aromatic rings. The second-order valence-electron chi connectivity index (χ2n) is 6.13. The van der Waals surface area contributed by atoms with Gasteiger partial charge in [0.15, 0.2) is 5.96 Å². The molecule has 7 nitrogen and oxygen atoms in total. The van der Waals surface area contributed by atoms with Crippen molar-refractivity contribution in [2.45, 2.75) is 39.8 Å². The summed E-state index contributed by atoms with van der Waals surface area (Å²) >= 11 is 0. The zero-order valence-corrected chi connectivity index (χ0v) is 16.3. The van der Waals surface area contributed by atoms with E-state index in [4.69, 9.17) is 9.73 Å². The largest absolute Gasteiger partial charge is 0.497 e. The van der Waals surface area contributed by atoms with Crippen molar-refractivity contribution < 1.29 is 4.74 Å². The first-order valence-electron chi connectivity index (χ1n) is 9.17. The van der Waals surface area contributed by atoms with Gasteiger partial charge in [0.2, 0.25) is 0 Å². The monoisotopic (exact) mass is 358 g/mol. The highest BCUT2D eigenvalue weighted by Gasteiger charge is 2.08. The number of hydrogen-bond acceptors (Lipinski definition) is 4. The van der Waals surface area contributed by atoms with Gasteiger partial charge < -0.3 is 19.5 Å². The number of nitrogens with zero attached hydrogens (tertiary/aromatic N) is 5. The van der Waals surface area contributed by atoms with Crippen molar-refractivity contribution in [1.82, 2.24) is 25.0 Å². The van der Waals surface area contributed by atoms with Gasteiger partial charge >= 0.3 is 0 Å². The lowest BCUT2D eigenvalue weighted by atomic mass is 10.2. The fraction of sp³-hybridized carbons (Fsp3) is 0.526. The van der Waals surface area contributed by atoms with Crippen LogP contribution in [0.15, 0.2) is 35.6 Å². The molecule has 1 N–H and O–H groups in total. The average Bonchev–Trinajstić information content (AvgIpc) is 3.12. The van der Waals surface area contributed by atoms with E-state index < -0.39 is 0 Å². The van der Waals surface area contributed by atoms with Crippen LogP contribution in [0.1, 0.15) is 31.7 Å². The van der Waals surface area contributed by atoms with Gasteiger partial charge in [0.1, 0.15) is 17.9 Å². The number of hydrogen-bond donors (Lipinski definition) is 1. The van der Waals surface area contributed by atoms with Gasteiger partial charge in [0.25, 0.3) is 0 Å². The summed E-state index contributed by atoms with van der Waals surface area (Å²) in [5.74, 6) is 2.79. The first-order chi connectivity index (χ1) is 12.7. The van der Waals surface area contributed by atoms with E-state index in [0.717, 1.165) is 56.6 Å². The Hall–Kier alpha value is -2.57. The van der Waals surface area contributed by atoms with E-state index in [1.54, 1.807) is 13.4 Å². The second-order valence-corrected chi connectivity index (χ2v) is 6.13. The van der Waals surface area contributed by atoms with Crippen LogP contribution in [0.25, 0.3) is 0 Å². The molecule has 1 aromatic carbocycles. The second kappa shape index (κ2) is 10.4. The summed E-state index contributed by atoms with van der Waals surface area (Å²) in [5.41, 5.74) is 1.21. The summed E-state index contributed by atoms with van der Waals surface area (Å²) in [6.45, 7) is 7.41. The van der Waals surface area contributed by atoms with Crippen LogP contribution in [0.4, 0.5) is 0 Å². The van der Waals surface area contributed by atoms with Crippen LogP contribution in [0.5, 0.6) is 5.75 Å². The van der Waals surface area contributed by atoms with Gasteiger partial charge in [0, 0.05) is 39.6 Å². The van der Waals surface area contributed by atoms with Crippen molar-refractivity contribution in [2.24, 2.45) is 4.99 Å². The molecule has 0 bridgehead atoms. The van der Waals surface area contributed by atoms with Gasteiger partial charge in [-0.05, 0) is 24.1 Å². The lowest BCUT2D eigenvalue weighted by Crippen LogP contribution is -2.40. The Labute approximate surface area is 156 Å². The van der Waals surface area contributed by atoms with Crippen molar-refractivity contribution in [1.29, 1.82) is 0 Å². The van der Waals surface area contributed by atoms with E-state index in [1.807, 2.05) is 12.1 Å². The minimum atomic E-state index is 0.778. The topological polar surface area (TPSA) is 67.6 Å². The van der Waals surface area contributed by atoms with Crippen LogP contribution in [-0.4, -0.2) is 52.9 Å². The SMILES string of the molecule is CCCN=C(NCCn1cnnc1CC)N(C)Cc1ccc(OC)cc1. The van der Waals surface area contributed by atoms with Crippen molar-refractivity contribution in [3.8, 4) is 5.75 Å². The molecule has 142 valence electrons. The fourth-order valence-corrected chi connectivity index (χ4v) is 2.64. The van der Waals surface area contributed by atoms with Crippen molar-refractivity contribution in [3.63, 3.8) is 0 Å². The minimum Gasteiger partial charge on any atom is -0.497 e. The number of aliphatic imine (C=N–C) groups is 1. The van der Waals surface area contributed by atoms with Crippen molar-refractivity contribution >= 4 is 5.96 Å². The minimum absolute atomic E-state index is 0.778. The van der Waals surface area contributed by atoms with Crippen LogP contribution < -0.4 is 10.1 Å². The Bertz CT molecular complexity index is 680. The Kier molecular flexibility index (Phi) is 7.92. The molecular formula is C19H30N6O. The summed E-state index contributed by atoms with van der Waals surface area (Å²) in [5, 5.41) is 11.6. The summed E-state index contributed by atoms with van der Waals surface area (Å²) < 4.78 is 7.30. The third-order valence-electron chi connectivity index (χ3n) is 4.07. The summed E-state index contributed by atoms with van der Waals surface area (Å²) in [6.07, 6.45) is 3.69. The molecule has 0 spiro atoms. The number of aryl methyl sites for hydroxylation is 1. The molecule has 0 radical (unpaired) electrons. The molecule has 0 saturated carbocycles. The molecule has 0 amide bonds. The van der Waals surface area contributed by atoms with Crippen LogP contribution >= 0.6 is 0 Å². The summed E-state index contributed by atoms with van der Waals surface area (Å²) in [4.78, 5) is 6.84. The predicted molar refractivity (Wildman–Crippen MR) is 104 cm³/mol. The third-order valence-corrected chi connectivity index (χ3v) is 4.07. The smallest absolute Gasteiger partial charge is 0.194 e. The van der Waals surface area contributed by atoms with Gasteiger partial charge in [0.05, 0.1) is 7.11 Å². The number of ether oxygens (including phenoxy) is 1. The van der Waals surface area contributed by atoms with Gasteiger partial charge in [-0.2, -0.15) is 0 Å². The van der Waals surface area contributed by atoms with Gasteiger partial charge in [-0.1, -0.05) is 26.0 Å². The number of nitrogens with one attached hydrogen (secondary N) is 1. The predicted octanol–water partition coefficient (Wildman–Crippen LogP) is 2.34. The molecule has 0 saturated heterocycles. The van der Waals surface area contributed by atoms with Crippen LogP contribution in [0.3, 0.4) is 0 Å². The first kappa shape index (κ1) is 19.8. The van der Waals surface area contributed by atoms with Gasteiger partial charge in [-0.25, -0.2) is 0 Å². The van der Waals surface area contributed by atoms with Crippen LogP contribution in [0, 0.1) is 0 Å². The zero-order valence-electron chi connectivity index (χ0n) is 16.3. The maximum atomic E-state index is 5.22. The van der Waals surface area contributed by atoms with Crippen molar-refractivity contribution in [2.75, 3.05) is 27.2 Å². The van der Waals surface area contributed by atoms with Gasteiger partial charge in [-0.15, -0.1) is 10.2 Å². The van der Waals surface area contributed by atoms with Crippen LogP contribution in [-0.2, 0) is 19.5 Å². The lowest BCUT2D eigenvalue weighted by molar-refractivity contribution is 0.414. The Morgan fingerprint density at radius 3 is 2.69 bits per heavy atom.